The zero-order valence-electron chi connectivity index (χ0n) is 11.9. The molecule has 6 heteroatoms. The Bertz CT molecular complexity index is 478. The second-order valence-corrected chi connectivity index (χ2v) is 5.08. The smallest absolute Gasteiger partial charge is 0.307 e. The lowest BCUT2D eigenvalue weighted by Crippen LogP contribution is -2.31. The molecule has 1 amide bonds. The minimum absolute atomic E-state index is 0.0642. The Balaban J connectivity index is 2.74. The van der Waals surface area contributed by atoms with E-state index in [2.05, 4.69) is 10.4 Å². The number of carboxylic acid groups (broad SMARTS) is 1. The van der Waals surface area contributed by atoms with Crippen LogP contribution in [0.4, 0.5) is 0 Å². The highest BCUT2D eigenvalue weighted by atomic mass is 16.4. The van der Waals surface area contributed by atoms with Crippen LogP contribution in [0.15, 0.2) is 0 Å². The van der Waals surface area contributed by atoms with Crippen LogP contribution >= 0.6 is 0 Å². The first-order valence-corrected chi connectivity index (χ1v) is 6.32. The summed E-state index contributed by atoms with van der Waals surface area (Å²) in [5, 5.41) is 15.9. The molecule has 2 N–H and O–H groups in total. The molecule has 0 aliphatic carbocycles. The number of carbonyl (C=O) groups is 2. The van der Waals surface area contributed by atoms with Gasteiger partial charge in [-0.2, -0.15) is 5.10 Å². The number of aromatic nitrogens is 2. The number of aryl methyl sites for hydroxylation is 1. The number of rotatable bonds is 6. The van der Waals surface area contributed by atoms with Crippen LogP contribution in [0.2, 0.25) is 0 Å². The molecule has 19 heavy (non-hydrogen) atoms. The molecule has 106 valence electrons. The molecule has 0 fully saturated rings. The zero-order valence-corrected chi connectivity index (χ0v) is 11.9. The molecule has 1 rings (SSSR count). The van der Waals surface area contributed by atoms with Crippen molar-refractivity contribution in [3.05, 3.63) is 17.0 Å². The highest BCUT2D eigenvalue weighted by Gasteiger charge is 2.15. The molecule has 0 atom stereocenters. The lowest BCUT2D eigenvalue weighted by atomic mass is 10.1. The van der Waals surface area contributed by atoms with E-state index >= 15 is 0 Å². The minimum Gasteiger partial charge on any atom is -0.481 e. The van der Waals surface area contributed by atoms with Crippen LogP contribution in [0.3, 0.4) is 0 Å². The average Bonchev–Trinajstić information content (AvgIpc) is 2.54. The second kappa shape index (κ2) is 6.36. The summed E-state index contributed by atoms with van der Waals surface area (Å²) in [5.41, 5.74) is 2.08. The van der Waals surface area contributed by atoms with Crippen LogP contribution in [0, 0.1) is 19.8 Å². The monoisotopic (exact) mass is 267 g/mol. The fourth-order valence-corrected chi connectivity index (χ4v) is 1.80. The normalized spacial score (nSPS) is 10.8. The van der Waals surface area contributed by atoms with Crippen LogP contribution in [0.25, 0.3) is 0 Å². The maximum atomic E-state index is 11.7. The van der Waals surface area contributed by atoms with Gasteiger partial charge in [0.1, 0.15) is 6.54 Å². The zero-order chi connectivity index (χ0) is 14.6. The van der Waals surface area contributed by atoms with Gasteiger partial charge in [0.05, 0.1) is 12.1 Å². The topological polar surface area (TPSA) is 84.2 Å². The van der Waals surface area contributed by atoms with Gasteiger partial charge in [-0.25, -0.2) is 0 Å². The number of aliphatic carboxylic acids is 1. The summed E-state index contributed by atoms with van der Waals surface area (Å²) in [4.78, 5) is 22.5. The van der Waals surface area contributed by atoms with Gasteiger partial charge in [-0.1, -0.05) is 13.8 Å². The summed E-state index contributed by atoms with van der Waals surface area (Å²) in [6.07, 6.45) is -0.0642. The fraction of sp³-hybridized carbons (Fsp3) is 0.615. The maximum absolute atomic E-state index is 11.7. The lowest BCUT2D eigenvalue weighted by Gasteiger charge is -2.08. The van der Waals surface area contributed by atoms with E-state index in [-0.39, 0.29) is 18.9 Å². The fourth-order valence-electron chi connectivity index (χ4n) is 1.80. The first kappa shape index (κ1) is 15.2. The summed E-state index contributed by atoms with van der Waals surface area (Å²) >= 11 is 0. The number of amides is 1. The molecule has 0 unspecified atom stereocenters. The number of carboxylic acids is 1. The van der Waals surface area contributed by atoms with Crippen molar-refractivity contribution < 1.29 is 14.7 Å². The highest BCUT2D eigenvalue weighted by molar-refractivity contribution is 5.76. The molecular formula is C13H21N3O3. The Morgan fingerprint density at radius 3 is 2.53 bits per heavy atom. The Morgan fingerprint density at radius 1 is 1.37 bits per heavy atom. The van der Waals surface area contributed by atoms with Crippen LogP contribution < -0.4 is 5.32 Å². The largest absolute Gasteiger partial charge is 0.481 e. The standard InChI is InChI=1S/C13H21N3O3/c1-8(2)6-14-12(17)7-16-10(4)11(5-13(18)19)9(3)15-16/h8H,5-7H2,1-4H3,(H,14,17)(H,18,19). The van der Waals surface area contributed by atoms with Crippen molar-refractivity contribution in [3.63, 3.8) is 0 Å². The number of hydrogen-bond acceptors (Lipinski definition) is 3. The predicted octanol–water partition coefficient (Wildman–Crippen LogP) is 0.899. The minimum atomic E-state index is -0.894. The van der Waals surface area contributed by atoms with Gasteiger partial charge >= 0.3 is 5.97 Å². The first-order chi connectivity index (χ1) is 8.81. The second-order valence-electron chi connectivity index (χ2n) is 5.08. The number of hydrogen-bond donors (Lipinski definition) is 2. The third-order valence-corrected chi connectivity index (χ3v) is 2.86. The maximum Gasteiger partial charge on any atom is 0.307 e. The highest BCUT2D eigenvalue weighted by Crippen LogP contribution is 2.13. The molecule has 0 aromatic carbocycles. The number of carbonyl (C=O) groups excluding carboxylic acids is 1. The molecular weight excluding hydrogens is 246 g/mol. The Labute approximate surface area is 112 Å². The predicted molar refractivity (Wildman–Crippen MR) is 70.9 cm³/mol. The van der Waals surface area contributed by atoms with Crippen molar-refractivity contribution in [2.24, 2.45) is 5.92 Å². The van der Waals surface area contributed by atoms with Crippen LogP contribution in [-0.4, -0.2) is 33.3 Å². The number of nitrogens with one attached hydrogen (secondary N) is 1. The van der Waals surface area contributed by atoms with Crippen LogP contribution in [0.1, 0.15) is 30.8 Å². The Morgan fingerprint density at radius 2 is 2.00 bits per heavy atom. The van der Waals surface area contributed by atoms with E-state index in [1.165, 1.54) is 0 Å². The van der Waals surface area contributed by atoms with E-state index in [9.17, 15) is 9.59 Å². The Kier molecular flexibility index (Phi) is 5.09. The van der Waals surface area contributed by atoms with Crippen molar-refractivity contribution in [1.82, 2.24) is 15.1 Å². The third kappa shape index (κ3) is 4.39. The van der Waals surface area contributed by atoms with Gasteiger partial charge in [0, 0.05) is 17.8 Å². The molecule has 0 aliphatic rings. The average molecular weight is 267 g/mol. The van der Waals surface area contributed by atoms with Crippen molar-refractivity contribution in [2.45, 2.75) is 40.7 Å². The van der Waals surface area contributed by atoms with Gasteiger partial charge in [0.25, 0.3) is 0 Å². The summed E-state index contributed by atoms with van der Waals surface area (Å²) in [7, 11) is 0. The molecule has 1 aromatic rings. The number of nitrogens with zero attached hydrogens (tertiary/aromatic N) is 2. The SMILES string of the molecule is Cc1nn(CC(=O)NCC(C)C)c(C)c1CC(=O)O. The van der Waals surface area contributed by atoms with Crippen LogP contribution in [-0.2, 0) is 22.6 Å². The molecule has 0 bridgehead atoms. The van der Waals surface area contributed by atoms with Crippen molar-refractivity contribution in [2.75, 3.05) is 6.54 Å². The summed E-state index contributed by atoms with van der Waals surface area (Å²) in [6.45, 7) is 8.34. The molecule has 0 spiro atoms. The van der Waals surface area contributed by atoms with Gasteiger partial charge in [-0.15, -0.1) is 0 Å². The lowest BCUT2D eigenvalue weighted by molar-refractivity contribution is -0.136. The molecule has 1 aromatic heterocycles. The van der Waals surface area contributed by atoms with Gasteiger partial charge in [0.15, 0.2) is 0 Å². The van der Waals surface area contributed by atoms with Crippen molar-refractivity contribution in [1.29, 1.82) is 0 Å². The quantitative estimate of drug-likeness (QED) is 0.802. The van der Waals surface area contributed by atoms with E-state index < -0.39 is 5.97 Å². The van der Waals surface area contributed by atoms with Gasteiger partial charge in [-0.05, 0) is 19.8 Å². The molecule has 0 saturated carbocycles. The van der Waals surface area contributed by atoms with E-state index in [1.54, 1.807) is 18.5 Å². The molecule has 6 nitrogen and oxygen atoms in total. The first-order valence-electron chi connectivity index (χ1n) is 6.32. The molecule has 0 radical (unpaired) electrons. The summed E-state index contributed by atoms with van der Waals surface area (Å²) in [6, 6.07) is 0. The van der Waals surface area contributed by atoms with E-state index in [4.69, 9.17) is 5.11 Å². The van der Waals surface area contributed by atoms with E-state index in [1.807, 2.05) is 13.8 Å². The van der Waals surface area contributed by atoms with Crippen molar-refractivity contribution in [3.8, 4) is 0 Å². The summed E-state index contributed by atoms with van der Waals surface area (Å²) in [5.74, 6) is -0.608. The van der Waals surface area contributed by atoms with E-state index in [0.717, 1.165) is 5.69 Å². The molecule has 0 saturated heterocycles. The van der Waals surface area contributed by atoms with Crippen molar-refractivity contribution >= 4 is 11.9 Å². The third-order valence-electron chi connectivity index (χ3n) is 2.86. The van der Waals surface area contributed by atoms with Crippen LogP contribution in [0.5, 0.6) is 0 Å². The molecule has 0 aliphatic heterocycles. The Hall–Kier alpha value is -1.85. The van der Waals surface area contributed by atoms with Gasteiger partial charge in [0.2, 0.25) is 5.91 Å². The molecule has 1 heterocycles. The van der Waals surface area contributed by atoms with Gasteiger partial charge < -0.3 is 10.4 Å². The van der Waals surface area contributed by atoms with Gasteiger partial charge in [-0.3, -0.25) is 14.3 Å². The van der Waals surface area contributed by atoms with E-state index in [0.29, 0.717) is 23.7 Å². The summed E-state index contributed by atoms with van der Waals surface area (Å²) < 4.78 is 1.56.